The molecule has 3 aromatic heterocycles. The Kier molecular flexibility index (Phi) is 6.49. The summed E-state index contributed by atoms with van der Waals surface area (Å²) >= 11 is 1.13. The van der Waals surface area contributed by atoms with Crippen molar-refractivity contribution in [2.24, 2.45) is 0 Å². The second kappa shape index (κ2) is 9.06. The van der Waals surface area contributed by atoms with Crippen LogP contribution in [-0.2, 0) is 13.1 Å². The van der Waals surface area contributed by atoms with Gasteiger partial charge in [0.2, 0.25) is 0 Å². The van der Waals surface area contributed by atoms with Crippen molar-refractivity contribution in [1.29, 1.82) is 0 Å². The number of carbonyl (C=O) groups excluding carboxylic acids is 1. The van der Waals surface area contributed by atoms with Gasteiger partial charge >= 0.3 is 5.69 Å². The van der Waals surface area contributed by atoms with Gasteiger partial charge in [-0.2, -0.15) is 0 Å². The number of thiazole rings is 1. The molecular weight excluding hydrogens is 424 g/mol. The second-order valence-electron chi connectivity index (χ2n) is 6.60. The van der Waals surface area contributed by atoms with E-state index in [2.05, 4.69) is 10.3 Å². The van der Waals surface area contributed by atoms with Crippen LogP contribution in [0.15, 0.2) is 70.6 Å². The molecule has 1 N–H and O–H groups in total. The minimum Gasteiger partial charge on any atom is -0.347 e. The summed E-state index contributed by atoms with van der Waals surface area (Å²) in [6.45, 7) is 2.18. The van der Waals surface area contributed by atoms with E-state index in [1.165, 1.54) is 15.2 Å². The Morgan fingerprint density at radius 1 is 1.10 bits per heavy atom. The van der Waals surface area contributed by atoms with Crippen molar-refractivity contribution in [3.8, 4) is 0 Å². The zero-order chi connectivity index (χ0) is 20.4. The van der Waals surface area contributed by atoms with Crippen LogP contribution in [0.3, 0.4) is 0 Å². The Bertz CT molecular complexity index is 1300. The van der Waals surface area contributed by atoms with Gasteiger partial charge in [0.1, 0.15) is 9.71 Å². The van der Waals surface area contributed by atoms with E-state index < -0.39 is 5.69 Å². The molecular formula is C21H19ClN4O3S. The fourth-order valence-corrected chi connectivity index (χ4v) is 4.05. The topological polar surface area (TPSA) is 85.5 Å². The first-order valence-electron chi connectivity index (χ1n) is 9.01. The van der Waals surface area contributed by atoms with Gasteiger partial charge in [-0.3, -0.25) is 23.5 Å². The summed E-state index contributed by atoms with van der Waals surface area (Å²) in [7, 11) is 0. The molecule has 0 spiro atoms. The van der Waals surface area contributed by atoms with Crippen LogP contribution >= 0.6 is 23.7 Å². The molecule has 0 fully saturated rings. The number of hydrogen-bond acceptors (Lipinski definition) is 5. The molecule has 0 saturated heterocycles. The van der Waals surface area contributed by atoms with Crippen molar-refractivity contribution < 1.29 is 4.79 Å². The smallest absolute Gasteiger partial charge is 0.336 e. The molecule has 0 bridgehead atoms. The van der Waals surface area contributed by atoms with Crippen LogP contribution in [0.25, 0.3) is 4.83 Å². The van der Waals surface area contributed by atoms with Crippen molar-refractivity contribution in [1.82, 2.24) is 19.3 Å². The van der Waals surface area contributed by atoms with Gasteiger partial charge < -0.3 is 5.32 Å². The lowest BCUT2D eigenvalue weighted by atomic mass is 10.2. The van der Waals surface area contributed by atoms with E-state index in [9.17, 15) is 14.4 Å². The third-order valence-electron chi connectivity index (χ3n) is 4.58. The number of nitrogens with zero attached hydrogens (tertiary/aromatic N) is 3. The number of hydrogen-bond donors (Lipinski definition) is 1. The van der Waals surface area contributed by atoms with Gasteiger partial charge in [-0.25, -0.2) is 4.79 Å². The molecule has 0 aliphatic heterocycles. The van der Waals surface area contributed by atoms with Gasteiger partial charge in [-0.05, 0) is 24.1 Å². The number of pyridine rings is 1. The van der Waals surface area contributed by atoms with Gasteiger partial charge in [0, 0.05) is 30.7 Å². The van der Waals surface area contributed by atoms with E-state index in [1.54, 1.807) is 25.4 Å². The average Bonchev–Trinajstić information content (AvgIpc) is 3.21. The van der Waals surface area contributed by atoms with E-state index in [1.807, 2.05) is 36.4 Å². The molecule has 30 heavy (non-hydrogen) atoms. The van der Waals surface area contributed by atoms with E-state index in [4.69, 9.17) is 0 Å². The summed E-state index contributed by atoms with van der Waals surface area (Å²) in [6, 6.07) is 13.0. The highest BCUT2D eigenvalue weighted by molar-refractivity contribution is 7.19. The van der Waals surface area contributed by atoms with Crippen LogP contribution in [0, 0.1) is 6.92 Å². The molecule has 0 aliphatic rings. The molecule has 0 unspecified atom stereocenters. The molecule has 1 amide bonds. The molecule has 0 saturated carbocycles. The quantitative estimate of drug-likeness (QED) is 0.515. The number of benzene rings is 1. The minimum atomic E-state index is -0.456. The van der Waals surface area contributed by atoms with Crippen LogP contribution in [0.1, 0.15) is 26.4 Å². The highest BCUT2D eigenvalue weighted by Crippen LogP contribution is 2.18. The lowest BCUT2D eigenvalue weighted by Gasteiger charge is -2.07. The van der Waals surface area contributed by atoms with Crippen LogP contribution in [0.2, 0.25) is 0 Å². The number of fused-ring (bicyclic) bond motifs is 1. The van der Waals surface area contributed by atoms with E-state index in [0.29, 0.717) is 21.8 Å². The first-order chi connectivity index (χ1) is 14.0. The molecule has 4 rings (SSSR count). The molecule has 3 heterocycles. The monoisotopic (exact) mass is 442 g/mol. The van der Waals surface area contributed by atoms with E-state index in [-0.39, 0.29) is 30.4 Å². The Balaban J connectivity index is 0.00000256. The fourth-order valence-electron chi connectivity index (χ4n) is 3.05. The zero-order valence-electron chi connectivity index (χ0n) is 16.1. The van der Waals surface area contributed by atoms with Crippen LogP contribution < -0.4 is 16.6 Å². The van der Waals surface area contributed by atoms with Crippen LogP contribution in [-0.4, -0.2) is 19.9 Å². The number of amides is 1. The third-order valence-corrected chi connectivity index (χ3v) is 5.79. The third kappa shape index (κ3) is 4.19. The van der Waals surface area contributed by atoms with Gasteiger partial charge in [-0.15, -0.1) is 23.7 Å². The van der Waals surface area contributed by atoms with Crippen LogP contribution in [0.5, 0.6) is 0 Å². The van der Waals surface area contributed by atoms with Gasteiger partial charge in [0.15, 0.2) is 0 Å². The van der Waals surface area contributed by atoms with Gasteiger partial charge in [-0.1, -0.05) is 36.4 Å². The first kappa shape index (κ1) is 21.5. The van der Waals surface area contributed by atoms with Gasteiger partial charge in [0.25, 0.3) is 11.5 Å². The van der Waals surface area contributed by atoms with E-state index >= 15 is 0 Å². The standard InChI is InChI=1S/C21H18N4O3S.ClH/c1-14-19(27)24(12-15-6-3-2-4-7-15)21(28)25-13-17(29-20(14)25)18(26)23-11-16-8-5-9-22-10-16;/h2-10,13H,11-12H2,1H3,(H,23,26);1H. The molecule has 1 aromatic carbocycles. The van der Waals surface area contributed by atoms with Crippen molar-refractivity contribution >= 4 is 34.5 Å². The maximum atomic E-state index is 12.9. The molecule has 0 aliphatic carbocycles. The highest BCUT2D eigenvalue weighted by atomic mass is 35.5. The van der Waals surface area contributed by atoms with E-state index in [0.717, 1.165) is 22.5 Å². The van der Waals surface area contributed by atoms with Crippen molar-refractivity contribution in [3.05, 3.63) is 103 Å². The SMILES string of the molecule is Cc1c(=O)n(Cc2ccccc2)c(=O)n2cc(C(=O)NCc3cccnc3)sc12.Cl. The number of carbonyl (C=O) groups is 1. The summed E-state index contributed by atoms with van der Waals surface area (Å²) in [5.41, 5.74) is 1.37. The van der Waals surface area contributed by atoms with Crippen molar-refractivity contribution in [2.75, 3.05) is 0 Å². The number of aromatic nitrogens is 3. The molecule has 4 aromatic rings. The predicted octanol–water partition coefficient (Wildman–Crippen LogP) is 2.63. The first-order valence-corrected chi connectivity index (χ1v) is 9.83. The summed E-state index contributed by atoms with van der Waals surface area (Å²) < 4.78 is 2.57. The maximum Gasteiger partial charge on any atom is 0.336 e. The summed E-state index contributed by atoms with van der Waals surface area (Å²) in [6.07, 6.45) is 4.84. The van der Waals surface area contributed by atoms with Gasteiger partial charge in [0.05, 0.1) is 6.54 Å². The summed E-state index contributed by atoms with van der Waals surface area (Å²) in [5, 5.41) is 2.82. The Morgan fingerprint density at radius 2 is 1.83 bits per heavy atom. The number of rotatable bonds is 5. The largest absolute Gasteiger partial charge is 0.347 e. The normalized spacial score (nSPS) is 10.6. The minimum absolute atomic E-state index is 0. The molecule has 154 valence electrons. The van der Waals surface area contributed by atoms with Crippen molar-refractivity contribution in [2.45, 2.75) is 20.0 Å². The Labute approximate surface area is 182 Å². The average molecular weight is 443 g/mol. The number of aryl methyl sites for hydroxylation is 1. The molecule has 9 heteroatoms. The molecule has 0 radical (unpaired) electrons. The number of halogens is 1. The molecule has 0 atom stereocenters. The number of nitrogens with one attached hydrogen (secondary N) is 1. The summed E-state index contributed by atoms with van der Waals surface area (Å²) in [5.74, 6) is -0.302. The highest BCUT2D eigenvalue weighted by Gasteiger charge is 2.17. The lowest BCUT2D eigenvalue weighted by Crippen LogP contribution is -2.38. The molecule has 7 nitrogen and oxygen atoms in total. The Morgan fingerprint density at radius 3 is 2.53 bits per heavy atom. The maximum absolute atomic E-state index is 12.9. The predicted molar refractivity (Wildman–Crippen MR) is 119 cm³/mol. The van der Waals surface area contributed by atoms with Crippen LogP contribution in [0.4, 0.5) is 0 Å². The second-order valence-corrected chi connectivity index (χ2v) is 7.63. The van der Waals surface area contributed by atoms with Crippen molar-refractivity contribution in [3.63, 3.8) is 0 Å². The summed E-state index contributed by atoms with van der Waals surface area (Å²) in [4.78, 5) is 43.1. The lowest BCUT2D eigenvalue weighted by molar-refractivity contribution is 0.0954. The zero-order valence-corrected chi connectivity index (χ0v) is 17.7. The fraction of sp³-hybridized carbons (Fsp3) is 0.143. The Hall–Kier alpha value is -3.23.